The number of benzene rings is 1. The van der Waals surface area contributed by atoms with Gasteiger partial charge in [-0.25, -0.2) is 4.79 Å². The van der Waals surface area contributed by atoms with Crippen molar-refractivity contribution in [3.05, 3.63) is 24.3 Å². The van der Waals surface area contributed by atoms with Crippen LogP contribution in [0.15, 0.2) is 24.3 Å². The average molecular weight is 417 g/mol. The minimum Gasteiger partial charge on any atom is -0.343 e. The normalized spacial score (nSPS) is 14.0. The van der Waals surface area contributed by atoms with E-state index in [0.717, 1.165) is 51.9 Å². The summed E-state index contributed by atoms with van der Waals surface area (Å²) in [5.41, 5.74) is 1.35. The van der Waals surface area contributed by atoms with Gasteiger partial charge in [0, 0.05) is 50.4 Å². The lowest BCUT2D eigenvalue weighted by Gasteiger charge is -2.21. The molecule has 2 rings (SSSR count). The molecule has 7 heteroatoms. The monoisotopic (exact) mass is 416 g/mol. The molecule has 0 saturated carbocycles. The fraction of sp³-hybridized carbons (Fsp3) is 0.609. The van der Waals surface area contributed by atoms with Gasteiger partial charge in [-0.15, -0.1) is 0 Å². The van der Waals surface area contributed by atoms with Crippen molar-refractivity contribution in [1.29, 1.82) is 0 Å². The van der Waals surface area contributed by atoms with Crippen molar-refractivity contribution >= 4 is 29.2 Å². The van der Waals surface area contributed by atoms with Gasteiger partial charge in [-0.1, -0.05) is 26.7 Å². The molecule has 4 amide bonds. The zero-order chi connectivity index (χ0) is 21.8. The Kier molecular flexibility index (Phi) is 10.2. The standard InChI is InChI=1S/C23H36N4O3/c1-3-15-26(16-4-2)22(29)14-13-21(28)24-19-9-11-20(12-10-19)25-23(30)27-17-7-5-6-8-18-27/h9-12H,3-8,13-18H2,1-2H3,(H,24,28)(H,25,30). The Hall–Kier alpha value is -2.57. The highest BCUT2D eigenvalue weighted by Crippen LogP contribution is 2.16. The molecule has 1 heterocycles. The third-order valence-corrected chi connectivity index (χ3v) is 5.22. The first-order chi connectivity index (χ1) is 14.5. The van der Waals surface area contributed by atoms with Crippen molar-refractivity contribution in [3.63, 3.8) is 0 Å². The summed E-state index contributed by atoms with van der Waals surface area (Å²) in [5, 5.41) is 5.74. The van der Waals surface area contributed by atoms with Crippen LogP contribution in [0.5, 0.6) is 0 Å². The van der Waals surface area contributed by atoms with E-state index in [-0.39, 0.29) is 30.7 Å². The molecule has 0 bridgehead atoms. The maximum Gasteiger partial charge on any atom is 0.321 e. The Morgan fingerprint density at radius 2 is 1.37 bits per heavy atom. The number of urea groups is 1. The minimum atomic E-state index is -0.183. The highest BCUT2D eigenvalue weighted by atomic mass is 16.2. The number of anilines is 2. The number of hydrogen-bond acceptors (Lipinski definition) is 3. The summed E-state index contributed by atoms with van der Waals surface area (Å²) in [5.74, 6) is -0.155. The summed E-state index contributed by atoms with van der Waals surface area (Å²) >= 11 is 0. The summed E-state index contributed by atoms with van der Waals surface area (Å²) in [6.45, 7) is 7.16. The highest BCUT2D eigenvalue weighted by Gasteiger charge is 2.16. The first-order valence-corrected chi connectivity index (χ1v) is 11.3. The van der Waals surface area contributed by atoms with E-state index in [1.54, 1.807) is 24.3 Å². The van der Waals surface area contributed by atoms with Crippen molar-refractivity contribution in [2.24, 2.45) is 0 Å². The van der Waals surface area contributed by atoms with Crippen molar-refractivity contribution in [2.45, 2.75) is 65.2 Å². The van der Waals surface area contributed by atoms with Crippen LogP contribution in [0.3, 0.4) is 0 Å². The quantitative estimate of drug-likeness (QED) is 0.623. The second-order valence-corrected chi connectivity index (χ2v) is 7.84. The third kappa shape index (κ3) is 8.05. The van der Waals surface area contributed by atoms with Crippen LogP contribution in [0, 0.1) is 0 Å². The van der Waals surface area contributed by atoms with Crippen LogP contribution in [0.4, 0.5) is 16.2 Å². The van der Waals surface area contributed by atoms with Gasteiger partial charge in [-0.2, -0.15) is 0 Å². The van der Waals surface area contributed by atoms with Gasteiger partial charge in [-0.05, 0) is 49.9 Å². The van der Waals surface area contributed by atoms with E-state index in [0.29, 0.717) is 11.4 Å². The lowest BCUT2D eigenvalue weighted by molar-refractivity contribution is -0.132. The van der Waals surface area contributed by atoms with Crippen LogP contribution in [0.25, 0.3) is 0 Å². The van der Waals surface area contributed by atoms with Gasteiger partial charge in [0.1, 0.15) is 0 Å². The SMILES string of the molecule is CCCN(CCC)C(=O)CCC(=O)Nc1ccc(NC(=O)N2CCCCCC2)cc1. The van der Waals surface area contributed by atoms with Crippen LogP contribution >= 0.6 is 0 Å². The Morgan fingerprint density at radius 1 is 0.833 bits per heavy atom. The molecule has 0 spiro atoms. The number of rotatable bonds is 9. The number of amides is 4. The van der Waals surface area contributed by atoms with E-state index >= 15 is 0 Å². The number of likely N-dealkylation sites (tertiary alicyclic amines) is 1. The van der Waals surface area contributed by atoms with Crippen LogP contribution < -0.4 is 10.6 Å². The van der Waals surface area contributed by atoms with Gasteiger partial charge in [-0.3, -0.25) is 9.59 Å². The van der Waals surface area contributed by atoms with Gasteiger partial charge in [0.05, 0.1) is 0 Å². The second kappa shape index (κ2) is 12.9. The molecular formula is C23H36N4O3. The largest absolute Gasteiger partial charge is 0.343 e. The predicted molar refractivity (Wildman–Crippen MR) is 121 cm³/mol. The Labute approximate surface area is 180 Å². The number of hydrogen-bond donors (Lipinski definition) is 2. The molecule has 0 atom stereocenters. The summed E-state index contributed by atoms with van der Waals surface area (Å²) in [4.78, 5) is 40.6. The fourth-order valence-electron chi connectivity index (χ4n) is 3.62. The number of nitrogens with zero attached hydrogens (tertiary/aromatic N) is 2. The van der Waals surface area contributed by atoms with E-state index in [2.05, 4.69) is 10.6 Å². The molecule has 1 aliphatic heterocycles. The number of carbonyl (C=O) groups excluding carboxylic acids is 3. The topological polar surface area (TPSA) is 81.8 Å². The van der Waals surface area contributed by atoms with E-state index in [1.165, 1.54) is 12.8 Å². The molecule has 2 N–H and O–H groups in total. The first kappa shape index (κ1) is 23.7. The van der Waals surface area contributed by atoms with Gasteiger partial charge in [0.15, 0.2) is 0 Å². The zero-order valence-electron chi connectivity index (χ0n) is 18.4. The molecule has 1 aromatic carbocycles. The lowest BCUT2D eigenvalue weighted by Crippen LogP contribution is -2.35. The molecule has 1 aliphatic rings. The first-order valence-electron chi connectivity index (χ1n) is 11.3. The maximum absolute atomic E-state index is 12.4. The summed E-state index contributed by atoms with van der Waals surface area (Å²) in [6, 6.07) is 7.01. The van der Waals surface area contributed by atoms with E-state index in [1.807, 2.05) is 23.6 Å². The van der Waals surface area contributed by atoms with Gasteiger partial charge in [0.2, 0.25) is 11.8 Å². The third-order valence-electron chi connectivity index (χ3n) is 5.22. The molecule has 0 aromatic heterocycles. The van der Waals surface area contributed by atoms with E-state index < -0.39 is 0 Å². The molecule has 30 heavy (non-hydrogen) atoms. The predicted octanol–water partition coefficient (Wildman–Crippen LogP) is 4.46. The van der Waals surface area contributed by atoms with E-state index in [4.69, 9.17) is 0 Å². The van der Waals surface area contributed by atoms with Crippen LogP contribution in [0.1, 0.15) is 65.2 Å². The van der Waals surface area contributed by atoms with E-state index in [9.17, 15) is 14.4 Å². The molecule has 0 aliphatic carbocycles. The molecule has 1 fully saturated rings. The molecule has 1 aromatic rings. The van der Waals surface area contributed by atoms with Crippen LogP contribution in [-0.4, -0.2) is 53.8 Å². The van der Waals surface area contributed by atoms with Gasteiger partial charge >= 0.3 is 6.03 Å². The molecule has 0 radical (unpaired) electrons. The molecule has 1 saturated heterocycles. The Morgan fingerprint density at radius 3 is 1.90 bits per heavy atom. The number of carbonyl (C=O) groups is 3. The molecular weight excluding hydrogens is 380 g/mol. The molecule has 166 valence electrons. The van der Waals surface area contributed by atoms with Crippen LogP contribution in [0.2, 0.25) is 0 Å². The molecule has 0 unspecified atom stereocenters. The zero-order valence-corrected chi connectivity index (χ0v) is 18.4. The summed E-state index contributed by atoms with van der Waals surface area (Å²) in [7, 11) is 0. The van der Waals surface area contributed by atoms with Crippen molar-refractivity contribution in [2.75, 3.05) is 36.8 Å². The smallest absolute Gasteiger partial charge is 0.321 e. The van der Waals surface area contributed by atoms with Crippen LogP contribution in [-0.2, 0) is 9.59 Å². The average Bonchev–Trinajstić information content (AvgIpc) is 3.03. The summed E-state index contributed by atoms with van der Waals surface area (Å²) < 4.78 is 0. The Balaban J connectivity index is 1.78. The van der Waals surface area contributed by atoms with Crippen molar-refractivity contribution in [1.82, 2.24) is 9.80 Å². The Bertz CT molecular complexity index is 676. The van der Waals surface area contributed by atoms with Crippen molar-refractivity contribution < 1.29 is 14.4 Å². The fourth-order valence-corrected chi connectivity index (χ4v) is 3.62. The highest BCUT2D eigenvalue weighted by molar-refractivity contribution is 5.94. The van der Waals surface area contributed by atoms with Crippen molar-refractivity contribution in [3.8, 4) is 0 Å². The summed E-state index contributed by atoms with van der Waals surface area (Å²) in [6.07, 6.45) is 6.67. The lowest BCUT2D eigenvalue weighted by atomic mass is 10.2. The van der Waals surface area contributed by atoms with Gasteiger partial charge < -0.3 is 20.4 Å². The second-order valence-electron chi connectivity index (χ2n) is 7.84. The van der Waals surface area contributed by atoms with Gasteiger partial charge in [0.25, 0.3) is 0 Å². The number of nitrogens with one attached hydrogen (secondary N) is 2. The molecule has 7 nitrogen and oxygen atoms in total. The minimum absolute atomic E-state index is 0.0282. The maximum atomic E-state index is 12.4.